The van der Waals surface area contributed by atoms with E-state index in [1.165, 1.54) is 16.4 Å². The first-order chi connectivity index (χ1) is 13.3. The zero-order valence-corrected chi connectivity index (χ0v) is 17.8. The minimum atomic E-state index is -3.74. The Labute approximate surface area is 175 Å². The van der Waals surface area contributed by atoms with E-state index in [0.717, 1.165) is 11.1 Å². The number of amides is 1. The van der Waals surface area contributed by atoms with Gasteiger partial charge in [-0.1, -0.05) is 47.5 Å². The second-order valence-electron chi connectivity index (χ2n) is 6.90. The highest BCUT2D eigenvalue weighted by Gasteiger charge is 2.33. The first-order valence-corrected chi connectivity index (χ1v) is 11.3. The SMILES string of the molecule is Cc1ccccc1CNC(=O)C1CCN(S(=O)(=O)c2cc(Cl)ccc2Cl)CC1. The Morgan fingerprint density at radius 3 is 2.50 bits per heavy atom. The number of hydrogen-bond acceptors (Lipinski definition) is 3. The van der Waals surface area contributed by atoms with Crippen LogP contribution in [0, 0.1) is 12.8 Å². The van der Waals surface area contributed by atoms with Crippen LogP contribution in [0.15, 0.2) is 47.4 Å². The smallest absolute Gasteiger partial charge is 0.244 e. The molecule has 0 radical (unpaired) electrons. The summed E-state index contributed by atoms with van der Waals surface area (Å²) < 4.78 is 27.1. The predicted molar refractivity (Wildman–Crippen MR) is 111 cm³/mol. The molecule has 0 saturated carbocycles. The van der Waals surface area contributed by atoms with Crippen LogP contribution in [0.4, 0.5) is 0 Å². The first-order valence-electron chi connectivity index (χ1n) is 9.06. The van der Waals surface area contributed by atoms with Crippen LogP contribution < -0.4 is 5.32 Å². The fraction of sp³-hybridized carbons (Fsp3) is 0.350. The quantitative estimate of drug-likeness (QED) is 0.762. The number of carbonyl (C=O) groups is 1. The second-order valence-corrected chi connectivity index (χ2v) is 9.65. The molecule has 3 rings (SSSR count). The van der Waals surface area contributed by atoms with Crippen LogP contribution >= 0.6 is 23.2 Å². The number of halogens is 2. The van der Waals surface area contributed by atoms with Gasteiger partial charge in [0.05, 0.1) is 5.02 Å². The molecule has 1 fully saturated rings. The molecular formula is C20H22Cl2N2O3S. The van der Waals surface area contributed by atoms with Crippen molar-refractivity contribution in [3.8, 4) is 0 Å². The van der Waals surface area contributed by atoms with Gasteiger partial charge in [0.1, 0.15) is 4.90 Å². The summed E-state index contributed by atoms with van der Waals surface area (Å²) in [4.78, 5) is 12.5. The molecule has 0 spiro atoms. The van der Waals surface area contributed by atoms with Crippen molar-refractivity contribution in [3.63, 3.8) is 0 Å². The molecule has 150 valence electrons. The third-order valence-electron chi connectivity index (χ3n) is 5.05. The minimum Gasteiger partial charge on any atom is -0.352 e. The Balaban J connectivity index is 1.60. The fourth-order valence-corrected chi connectivity index (χ4v) is 5.51. The van der Waals surface area contributed by atoms with Gasteiger partial charge in [0.15, 0.2) is 0 Å². The highest BCUT2D eigenvalue weighted by Crippen LogP contribution is 2.30. The van der Waals surface area contributed by atoms with Gasteiger partial charge in [-0.2, -0.15) is 4.31 Å². The molecule has 2 aromatic rings. The summed E-state index contributed by atoms with van der Waals surface area (Å²) in [6.45, 7) is 3.02. The topological polar surface area (TPSA) is 66.5 Å². The van der Waals surface area contributed by atoms with Gasteiger partial charge in [-0.3, -0.25) is 4.79 Å². The molecule has 0 bridgehead atoms. The van der Waals surface area contributed by atoms with Crippen molar-refractivity contribution >= 4 is 39.1 Å². The summed E-state index contributed by atoms with van der Waals surface area (Å²) in [7, 11) is -3.74. The highest BCUT2D eigenvalue weighted by atomic mass is 35.5. The van der Waals surface area contributed by atoms with Crippen molar-refractivity contribution in [1.82, 2.24) is 9.62 Å². The van der Waals surface area contributed by atoms with E-state index in [1.54, 1.807) is 6.07 Å². The minimum absolute atomic E-state index is 0.00382. The molecule has 0 atom stereocenters. The lowest BCUT2D eigenvalue weighted by Gasteiger charge is -2.30. The molecule has 5 nitrogen and oxygen atoms in total. The number of piperidine rings is 1. The van der Waals surface area contributed by atoms with Crippen molar-refractivity contribution in [3.05, 3.63) is 63.6 Å². The van der Waals surface area contributed by atoms with Gasteiger partial charge in [-0.25, -0.2) is 8.42 Å². The van der Waals surface area contributed by atoms with Gasteiger partial charge in [0.2, 0.25) is 15.9 Å². The molecule has 1 saturated heterocycles. The maximum Gasteiger partial charge on any atom is 0.244 e. The molecule has 1 amide bonds. The molecule has 8 heteroatoms. The summed E-state index contributed by atoms with van der Waals surface area (Å²) in [5.74, 6) is -0.244. The molecule has 0 aromatic heterocycles. The zero-order valence-electron chi connectivity index (χ0n) is 15.5. The van der Waals surface area contributed by atoms with Crippen LogP contribution in [-0.4, -0.2) is 31.7 Å². The molecular weight excluding hydrogens is 419 g/mol. The summed E-state index contributed by atoms with van der Waals surface area (Å²) in [6, 6.07) is 12.3. The Morgan fingerprint density at radius 2 is 1.82 bits per heavy atom. The number of carbonyl (C=O) groups excluding carboxylic acids is 1. The number of benzene rings is 2. The third kappa shape index (κ3) is 4.69. The maximum atomic E-state index is 12.9. The average molecular weight is 441 g/mol. The number of sulfonamides is 1. The number of rotatable bonds is 5. The van der Waals surface area contributed by atoms with Gasteiger partial charge in [-0.15, -0.1) is 0 Å². The average Bonchev–Trinajstić information content (AvgIpc) is 2.69. The maximum absolute atomic E-state index is 12.9. The van der Waals surface area contributed by atoms with Gasteiger partial charge in [0, 0.05) is 30.6 Å². The van der Waals surface area contributed by atoms with Crippen LogP contribution in [0.2, 0.25) is 10.0 Å². The van der Waals surface area contributed by atoms with Gasteiger partial charge in [0.25, 0.3) is 0 Å². The van der Waals surface area contributed by atoms with E-state index < -0.39 is 10.0 Å². The number of nitrogens with one attached hydrogen (secondary N) is 1. The van der Waals surface area contributed by atoms with Crippen LogP contribution in [0.1, 0.15) is 24.0 Å². The van der Waals surface area contributed by atoms with Crippen LogP contribution in [0.25, 0.3) is 0 Å². The van der Waals surface area contributed by atoms with Gasteiger partial charge < -0.3 is 5.32 Å². The number of aryl methyl sites for hydroxylation is 1. The number of nitrogens with zero attached hydrogens (tertiary/aromatic N) is 1. The molecule has 2 aromatic carbocycles. The zero-order chi connectivity index (χ0) is 20.3. The van der Waals surface area contributed by atoms with E-state index in [1.807, 2.05) is 31.2 Å². The van der Waals surface area contributed by atoms with Crippen molar-refractivity contribution in [2.24, 2.45) is 5.92 Å². The van der Waals surface area contributed by atoms with Gasteiger partial charge in [-0.05, 0) is 49.1 Å². The normalized spacial score (nSPS) is 16.1. The summed E-state index contributed by atoms with van der Waals surface area (Å²) in [5, 5.41) is 3.42. The molecule has 1 aliphatic rings. The molecule has 1 heterocycles. The molecule has 0 aliphatic carbocycles. The molecule has 1 aliphatic heterocycles. The van der Waals surface area contributed by atoms with E-state index in [9.17, 15) is 13.2 Å². The van der Waals surface area contributed by atoms with E-state index in [-0.39, 0.29) is 34.8 Å². The number of hydrogen-bond donors (Lipinski definition) is 1. The Hall–Kier alpha value is -1.60. The predicted octanol–water partition coefficient (Wildman–Crippen LogP) is 4.02. The standard InChI is InChI=1S/C20H22Cl2N2O3S/c1-14-4-2-3-5-16(14)13-23-20(25)15-8-10-24(11-9-15)28(26,27)19-12-17(21)6-7-18(19)22/h2-7,12,15H,8-11,13H2,1H3,(H,23,25). The van der Waals surface area contributed by atoms with Crippen molar-refractivity contribution in [2.45, 2.75) is 31.2 Å². The monoisotopic (exact) mass is 440 g/mol. The second kappa shape index (κ2) is 8.82. The van der Waals surface area contributed by atoms with E-state index >= 15 is 0 Å². The van der Waals surface area contributed by atoms with E-state index in [4.69, 9.17) is 23.2 Å². The van der Waals surface area contributed by atoms with Crippen molar-refractivity contribution in [1.29, 1.82) is 0 Å². The van der Waals surface area contributed by atoms with Crippen LogP contribution in [0.3, 0.4) is 0 Å². The lowest BCUT2D eigenvalue weighted by Crippen LogP contribution is -2.43. The Morgan fingerprint density at radius 1 is 1.14 bits per heavy atom. The third-order valence-corrected chi connectivity index (χ3v) is 7.67. The van der Waals surface area contributed by atoms with Crippen LogP contribution in [0.5, 0.6) is 0 Å². The Bertz CT molecular complexity index is 971. The highest BCUT2D eigenvalue weighted by molar-refractivity contribution is 7.89. The van der Waals surface area contributed by atoms with E-state index in [2.05, 4.69) is 5.32 Å². The molecule has 1 N–H and O–H groups in total. The first kappa shape index (κ1) is 21.1. The summed E-state index contributed by atoms with van der Waals surface area (Å²) in [5.41, 5.74) is 2.20. The largest absolute Gasteiger partial charge is 0.352 e. The molecule has 28 heavy (non-hydrogen) atoms. The van der Waals surface area contributed by atoms with Gasteiger partial charge >= 0.3 is 0 Å². The van der Waals surface area contributed by atoms with E-state index in [0.29, 0.717) is 24.4 Å². The van der Waals surface area contributed by atoms with Crippen molar-refractivity contribution < 1.29 is 13.2 Å². The Kier molecular flexibility index (Phi) is 6.65. The molecule has 0 unspecified atom stereocenters. The summed E-state index contributed by atoms with van der Waals surface area (Å²) in [6.07, 6.45) is 0.939. The summed E-state index contributed by atoms with van der Waals surface area (Å²) >= 11 is 12.0. The van der Waals surface area contributed by atoms with Crippen LogP contribution in [-0.2, 0) is 21.4 Å². The lowest BCUT2D eigenvalue weighted by atomic mass is 9.97. The fourth-order valence-electron chi connectivity index (χ4n) is 3.31. The van der Waals surface area contributed by atoms with Crippen molar-refractivity contribution in [2.75, 3.05) is 13.1 Å². The lowest BCUT2D eigenvalue weighted by molar-refractivity contribution is -0.126.